The van der Waals surface area contributed by atoms with Crippen molar-refractivity contribution in [1.29, 1.82) is 0 Å². The van der Waals surface area contributed by atoms with Crippen LogP contribution in [-0.4, -0.2) is 17.8 Å². The van der Waals surface area contributed by atoms with Gasteiger partial charge in [0, 0.05) is 24.1 Å². The molecule has 0 aromatic carbocycles. The van der Waals surface area contributed by atoms with Gasteiger partial charge in [0.1, 0.15) is 5.82 Å². The van der Waals surface area contributed by atoms with Crippen molar-refractivity contribution in [3.8, 4) is 0 Å². The maximum atomic E-state index is 4.31. The van der Waals surface area contributed by atoms with Crippen LogP contribution in [0.3, 0.4) is 0 Å². The average molecular weight is 196 g/mol. The highest BCUT2D eigenvalue weighted by molar-refractivity contribution is 7.97. The van der Waals surface area contributed by atoms with E-state index in [1.54, 1.807) is 0 Å². The molecule has 0 radical (unpaired) electrons. The summed E-state index contributed by atoms with van der Waals surface area (Å²) in [4.78, 5) is 4.31. The molecule has 0 amide bonds. The lowest BCUT2D eigenvalue weighted by atomic mass is 10.3. The van der Waals surface area contributed by atoms with E-state index in [0.29, 0.717) is 0 Å². The fraction of sp³-hybridized carbons (Fsp3) is 0.500. The molecule has 0 bridgehead atoms. The van der Waals surface area contributed by atoms with Crippen molar-refractivity contribution in [2.75, 3.05) is 18.1 Å². The minimum atomic E-state index is 0.998. The van der Waals surface area contributed by atoms with Crippen LogP contribution in [0.5, 0.6) is 0 Å². The van der Waals surface area contributed by atoms with Gasteiger partial charge in [0.15, 0.2) is 0 Å². The predicted molar refractivity (Wildman–Crippen MR) is 60.2 cm³/mol. The number of nitrogens with zero attached hydrogens (tertiary/aromatic N) is 1. The third-order valence-electron chi connectivity index (χ3n) is 1.73. The van der Waals surface area contributed by atoms with Crippen LogP contribution < -0.4 is 5.32 Å². The van der Waals surface area contributed by atoms with E-state index < -0.39 is 0 Å². The molecule has 1 rings (SSSR count). The largest absolute Gasteiger partial charge is 0.370 e. The molecular formula is C10H16N2S. The van der Waals surface area contributed by atoms with Gasteiger partial charge in [-0.15, -0.1) is 0 Å². The number of nitrogens with one attached hydrogen (secondary N) is 1. The quantitative estimate of drug-likeness (QED) is 0.784. The van der Waals surface area contributed by atoms with Gasteiger partial charge in [0.2, 0.25) is 0 Å². The van der Waals surface area contributed by atoms with E-state index >= 15 is 0 Å². The third kappa shape index (κ3) is 3.27. The molecule has 0 saturated carbocycles. The summed E-state index contributed by atoms with van der Waals surface area (Å²) in [6.07, 6.45) is 5.08. The summed E-state index contributed by atoms with van der Waals surface area (Å²) in [7, 11) is 0. The maximum Gasteiger partial charge on any atom is 0.129 e. The number of pyridine rings is 1. The van der Waals surface area contributed by atoms with Gasteiger partial charge in [0.25, 0.3) is 0 Å². The third-order valence-corrected chi connectivity index (χ3v) is 2.33. The van der Waals surface area contributed by atoms with Crippen molar-refractivity contribution < 1.29 is 0 Å². The van der Waals surface area contributed by atoms with Crippen LogP contribution >= 0.6 is 11.8 Å². The molecule has 0 spiro atoms. The van der Waals surface area contributed by atoms with Crippen LogP contribution in [0, 0.1) is 0 Å². The molecule has 1 aromatic rings. The molecule has 0 fully saturated rings. The molecule has 13 heavy (non-hydrogen) atoms. The van der Waals surface area contributed by atoms with Crippen molar-refractivity contribution in [1.82, 2.24) is 4.98 Å². The molecule has 1 heterocycles. The smallest absolute Gasteiger partial charge is 0.129 e. The van der Waals surface area contributed by atoms with Crippen molar-refractivity contribution >= 4 is 17.6 Å². The van der Waals surface area contributed by atoms with Crippen LogP contribution in [0.2, 0.25) is 0 Å². The topological polar surface area (TPSA) is 24.9 Å². The molecular weight excluding hydrogens is 180 g/mol. The Kier molecular flexibility index (Phi) is 4.68. The summed E-state index contributed by atoms with van der Waals surface area (Å²) in [5.41, 5.74) is 1.29. The molecule has 0 aliphatic carbocycles. The van der Waals surface area contributed by atoms with Crippen LogP contribution in [0.25, 0.3) is 0 Å². The summed E-state index contributed by atoms with van der Waals surface area (Å²) in [5, 5.41) is 3.32. The number of anilines is 1. The summed E-state index contributed by atoms with van der Waals surface area (Å²) >= 11 is 1.82. The van der Waals surface area contributed by atoms with Crippen molar-refractivity contribution in [3.63, 3.8) is 0 Å². The second-order valence-electron chi connectivity index (χ2n) is 2.87. The molecule has 1 aromatic heterocycles. The molecule has 0 atom stereocenters. The number of thioether (sulfide) groups is 1. The number of hydrogen-bond acceptors (Lipinski definition) is 3. The van der Waals surface area contributed by atoms with Crippen molar-refractivity contribution in [2.24, 2.45) is 0 Å². The van der Waals surface area contributed by atoms with E-state index in [4.69, 9.17) is 0 Å². The van der Waals surface area contributed by atoms with Gasteiger partial charge in [-0.2, -0.15) is 11.8 Å². The standard InChI is InChI=1S/C10H16N2S/c1-3-6-11-10-9(8-13-2)5-4-7-12-10/h4-5,7H,3,6,8H2,1-2H3,(H,11,12). The summed E-state index contributed by atoms with van der Waals surface area (Å²) < 4.78 is 0. The minimum Gasteiger partial charge on any atom is -0.370 e. The molecule has 0 saturated heterocycles. The molecule has 72 valence electrons. The Labute approximate surface area is 84.1 Å². The van der Waals surface area contributed by atoms with Gasteiger partial charge in [-0.05, 0) is 18.7 Å². The van der Waals surface area contributed by atoms with Crippen LogP contribution in [-0.2, 0) is 5.75 Å². The Morgan fingerprint density at radius 3 is 3.08 bits per heavy atom. The zero-order valence-electron chi connectivity index (χ0n) is 8.21. The van der Waals surface area contributed by atoms with Crippen LogP contribution in [0.15, 0.2) is 18.3 Å². The van der Waals surface area contributed by atoms with E-state index in [1.807, 2.05) is 24.0 Å². The SMILES string of the molecule is CCCNc1ncccc1CSC. The summed E-state index contributed by atoms with van der Waals surface area (Å²) in [6, 6.07) is 4.12. The lowest BCUT2D eigenvalue weighted by Gasteiger charge is -2.08. The predicted octanol–water partition coefficient (Wildman–Crippen LogP) is 2.77. The number of rotatable bonds is 5. The Hall–Kier alpha value is -0.700. The molecule has 0 aliphatic rings. The van der Waals surface area contributed by atoms with Crippen LogP contribution in [0.4, 0.5) is 5.82 Å². The van der Waals surface area contributed by atoms with E-state index in [9.17, 15) is 0 Å². The minimum absolute atomic E-state index is 0.998. The van der Waals surface area contributed by atoms with Gasteiger partial charge < -0.3 is 5.32 Å². The Morgan fingerprint density at radius 1 is 1.54 bits per heavy atom. The van der Waals surface area contributed by atoms with E-state index in [2.05, 4.69) is 29.5 Å². The van der Waals surface area contributed by atoms with E-state index in [-0.39, 0.29) is 0 Å². The Morgan fingerprint density at radius 2 is 2.38 bits per heavy atom. The summed E-state index contributed by atoms with van der Waals surface area (Å²) in [5.74, 6) is 2.07. The van der Waals surface area contributed by atoms with Crippen molar-refractivity contribution in [3.05, 3.63) is 23.9 Å². The fourth-order valence-corrected chi connectivity index (χ4v) is 1.66. The van der Waals surface area contributed by atoms with Crippen LogP contribution in [0.1, 0.15) is 18.9 Å². The lowest BCUT2D eigenvalue weighted by molar-refractivity contribution is 0.965. The highest BCUT2D eigenvalue weighted by Gasteiger charge is 2.00. The maximum absolute atomic E-state index is 4.31. The van der Waals surface area contributed by atoms with Gasteiger partial charge in [-0.3, -0.25) is 0 Å². The van der Waals surface area contributed by atoms with Gasteiger partial charge in [0.05, 0.1) is 0 Å². The monoisotopic (exact) mass is 196 g/mol. The first-order valence-corrected chi connectivity index (χ1v) is 5.94. The molecule has 1 N–H and O–H groups in total. The van der Waals surface area contributed by atoms with Gasteiger partial charge in [-0.25, -0.2) is 4.98 Å². The number of hydrogen-bond donors (Lipinski definition) is 1. The fourth-order valence-electron chi connectivity index (χ4n) is 1.11. The summed E-state index contributed by atoms with van der Waals surface area (Å²) in [6.45, 7) is 3.16. The first-order valence-electron chi connectivity index (χ1n) is 4.55. The molecule has 2 nitrogen and oxygen atoms in total. The molecule has 0 unspecified atom stereocenters. The van der Waals surface area contributed by atoms with Crippen molar-refractivity contribution in [2.45, 2.75) is 19.1 Å². The Balaban J connectivity index is 2.66. The number of aromatic nitrogens is 1. The van der Waals surface area contributed by atoms with Gasteiger partial charge >= 0.3 is 0 Å². The Bertz CT molecular complexity index is 250. The second kappa shape index (κ2) is 5.86. The molecule has 0 aliphatic heterocycles. The highest BCUT2D eigenvalue weighted by Crippen LogP contribution is 2.16. The first kappa shape index (κ1) is 10.4. The van der Waals surface area contributed by atoms with E-state index in [0.717, 1.165) is 24.5 Å². The zero-order valence-corrected chi connectivity index (χ0v) is 9.03. The van der Waals surface area contributed by atoms with Gasteiger partial charge in [-0.1, -0.05) is 13.0 Å². The highest BCUT2D eigenvalue weighted by atomic mass is 32.2. The zero-order chi connectivity index (χ0) is 9.52. The molecule has 3 heteroatoms. The lowest BCUT2D eigenvalue weighted by Crippen LogP contribution is -2.04. The normalized spacial score (nSPS) is 10.0. The average Bonchev–Trinajstić information content (AvgIpc) is 2.17. The first-order chi connectivity index (χ1) is 6.38. The second-order valence-corrected chi connectivity index (χ2v) is 3.74. The van der Waals surface area contributed by atoms with E-state index in [1.165, 1.54) is 5.56 Å².